The molecule has 1 aromatic rings. The number of hydrogen-bond donors (Lipinski definition) is 1. The topological polar surface area (TPSA) is 53.7 Å². The number of benzene rings is 1. The average Bonchev–Trinajstić information content (AvgIpc) is 2.58. The van der Waals surface area contributed by atoms with Gasteiger partial charge < -0.3 is 19.9 Å². The highest BCUT2D eigenvalue weighted by atomic mass is 19.3. The molecule has 6 heteroatoms. The lowest BCUT2D eigenvalue weighted by Gasteiger charge is -2.08. The van der Waals surface area contributed by atoms with Crippen molar-refractivity contribution in [3.63, 3.8) is 0 Å². The number of fused-ring (bicyclic) bond motifs is 1. The molecule has 16 heavy (non-hydrogen) atoms. The van der Waals surface area contributed by atoms with Gasteiger partial charge in [-0.2, -0.15) is 0 Å². The van der Waals surface area contributed by atoms with Crippen molar-refractivity contribution in [3.05, 3.63) is 17.7 Å². The zero-order chi connectivity index (χ0) is 15.3. The lowest BCUT2D eigenvalue weighted by molar-refractivity contribution is -0.286. The maximum Gasteiger partial charge on any atom is 0.586 e. The van der Waals surface area contributed by atoms with Gasteiger partial charge in [-0.25, -0.2) is 0 Å². The Kier molecular flexibility index (Phi) is 1.63. The first-order valence-corrected chi connectivity index (χ1v) is 4.25. The fraction of sp³-hybridized carbons (Fsp3) is 0.400. The van der Waals surface area contributed by atoms with E-state index in [4.69, 9.17) is 16.0 Å². The third-order valence-electron chi connectivity index (χ3n) is 1.93. The number of hydrogen-bond acceptors (Lipinski definition) is 4. The Labute approximate surface area is 96.5 Å². The van der Waals surface area contributed by atoms with Crippen molar-refractivity contribution in [1.29, 1.82) is 0 Å². The number of rotatable bonds is 3. The number of methoxy groups -OCH3 is 1. The molecule has 2 N–H and O–H groups in total. The second-order valence-electron chi connectivity index (χ2n) is 2.94. The van der Waals surface area contributed by atoms with Crippen LogP contribution in [-0.2, 0) is 6.37 Å². The average molecular weight is 235 g/mol. The monoisotopic (exact) mass is 235 g/mol. The van der Waals surface area contributed by atoms with Crippen molar-refractivity contribution in [3.8, 4) is 17.2 Å². The fourth-order valence-electron chi connectivity index (χ4n) is 1.32. The van der Waals surface area contributed by atoms with E-state index >= 15 is 0 Å². The highest BCUT2D eigenvalue weighted by Crippen LogP contribution is 2.44. The predicted octanol–water partition coefficient (Wildman–Crippen LogP) is 1.52. The molecule has 0 unspecified atom stereocenters. The third-order valence-corrected chi connectivity index (χ3v) is 1.93. The number of aryl methyl sites for hydroxylation is 1. The quantitative estimate of drug-likeness (QED) is 0.863. The SMILES string of the molecule is [2H]C([2H])(N)C([2H])([2H])c1cc2c(cc1OC)OC(F)(F)O2. The van der Waals surface area contributed by atoms with E-state index in [1.807, 2.05) is 0 Å². The largest absolute Gasteiger partial charge is 0.586 e. The van der Waals surface area contributed by atoms with Crippen LogP contribution in [0.2, 0.25) is 0 Å². The molecule has 0 bridgehead atoms. The summed E-state index contributed by atoms with van der Waals surface area (Å²) in [4.78, 5) is 0. The fourth-order valence-corrected chi connectivity index (χ4v) is 1.32. The van der Waals surface area contributed by atoms with Gasteiger partial charge in [0.1, 0.15) is 5.75 Å². The summed E-state index contributed by atoms with van der Waals surface area (Å²) in [6.45, 7) is -2.75. The van der Waals surface area contributed by atoms with Gasteiger partial charge >= 0.3 is 6.29 Å². The first-order valence-electron chi connectivity index (χ1n) is 6.25. The summed E-state index contributed by atoms with van der Waals surface area (Å²) in [5, 5.41) is 0. The maximum absolute atomic E-state index is 13.0. The lowest BCUT2D eigenvalue weighted by Crippen LogP contribution is -2.25. The van der Waals surface area contributed by atoms with Crippen LogP contribution in [0.5, 0.6) is 17.2 Å². The van der Waals surface area contributed by atoms with Gasteiger partial charge in [-0.05, 0) is 24.5 Å². The Morgan fingerprint density at radius 3 is 2.62 bits per heavy atom. The van der Waals surface area contributed by atoms with Crippen LogP contribution in [0.25, 0.3) is 0 Å². The van der Waals surface area contributed by atoms with Gasteiger partial charge in [-0.3, -0.25) is 0 Å². The molecule has 0 saturated heterocycles. The number of ether oxygens (including phenoxy) is 3. The molecular formula is C10H11F2NO3. The van der Waals surface area contributed by atoms with Gasteiger partial charge in [0.2, 0.25) is 0 Å². The first-order chi connectivity index (χ1) is 8.98. The summed E-state index contributed by atoms with van der Waals surface area (Å²) >= 11 is 0. The summed E-state index contributed by atoms with van der Waals surface area (Å²) in [5.41, 5.74) is 4.80. The van der Waals surface area contributed by atoms with E-state index in [2.05, 4.69) is 9.47 Å². The molecule has 1 aliphatic rings. The molecule has 88 valence electrons. The van der Waals surface area contributed by atoms with Crippen LogP contribution in [0.1, 0.15) is 11.0 Å². The van der Waals surface area contributed by atoms with Gasteiger partial charge in [-0.15, -0.1) is 8.78 Å². The van der Waals surface area contributed by atoms with E-state index in [9.17, 15) is 8.78 Å². The van der Waals surface area contributed by atoms with Crippen LogP contribution in [0.4, 0.5) is 8.78 Å². The molecule has 0 amide bonds. The van der Waals surface area contributed by atoms with Gasteiger partial charge in [0.15, 0.2) is 11.5 Å². The summed E-state index contributed by atoms with van der Waals surface area (Å²) in [7, 11) is 1.18. The van der Waals surface area contributed by atoms with Gasteiger partial charge in [0.05, 0.1) is 7.11 Å². The van der Waals surface area contributed by atoms with Crippen molar-refractivity contribution in [2.45, 2.75) is 12.7 Å². The third kappa shape index (κ3) is 1.88. The molecule has 0 aliphatic carbocycles. The van der Waals surface area contributed by atoms with Crippen LogP contribution in [0, 0.1) is 0 Å². The minimum atomic E-state index is -3.86. The molecule has 1 aliphatic heterocycles. The zero-order valence-electron chi connectivity index (χ0n) is 12.2. The molecule has 0 atom stereocenters. The van der Waals surface area contributed by atoms with E-state index in [-0.39, 0.29) is 17.1 Å². The Hall–Kier alpha value is -1.56. The van der Waals surface area contributed by atoms with Crippen LogP contribution in [0.3, 0.4) is 0 Å². The minimum absolute atomic E-state index is 0.177. The lowest BCUT2D eigenvalue weighted by atomic mass is 10.1. The van der Waals surface area contributed by atoms with Gasteiger partial charge in [0, 0.05) is 11.5 Å². The maximum atomic E-state index is 13.0. The van der Waals surface area contributed by atoms with Crippen LogP contribution in [-0.4, -0.2) is 19.9 Å². The van der Waals surface area contributed by atoms with Crippen LogP contribution in [0.15, 0.2) is 12.1 Å². The number of halogens is 2. The molecule has 0 fully saturated rings. The normalized spacial score (nSPS) is 21.8. The van der Waals surface area contributed by atoms with E-state index in [1.165, 1.54) is 7.11 Å². The smallest absolute Gasteiger partial charge is 0.496 e. The molecule has 0 saturated carbocycles. The van der Waals surface area contributed by atoms with E-state index in [0.717, 1.165) is 12.1 Å². The van der Waals surface area contributed by atoms with E-state index < -0.39 is 24.9 Å². The van der Waals surface area contributed by atoms with Gasteiger partial charge in [0.25, 0.3) is 0 Å². The number of alkyl halides is 2. The van der Waals surface area contributed by atoms with Crippen molar-refractivity contribution < 1.29 is 28.5 Å². The first kappa shape index (κ1) is 6.90. The molecule has 4 nitrogen and oxygen atoms in total. The second kappa shape index (κ2) is 3.79. The molecule has 1 heterocycles. The van der Waals surface area contributed by atoms with E-state index in [1.54, 1.807) is 0 Å². The summed E-state index contributed by atoms with van der Waals surface area (Å²) in [5.74, 6) is -0.924. The standard InChI is InChI=1S/C10H11F2NO3/c1-14-7-5-9-8(4-6(7)2-3-13)15-10(11,12)16-9/h4-5H,2-3,13H2,1H3/i2D2,3D2. The Balaban J connectivity index is 2.57. The summed E-state index contributed by atoms with van der Waals surface area (Å²) in [6.07, 6.45) is -6.55. The molecule has 0 spiro atoms. The van der Waals surface area contributed by atoms with Crippen LogP contribution < -0.4 is 19.9 Å². The Morgan fingerprint density at radius 2 is 2.06 bits per heavy atom. The van der Waals surface area contributed by atoms with Gasteiger partial charge in [-0.1, -0.05) is 0 Å². The summed E-state index contributed by atoms with van der Waals surface area (Å²) < 4.78 is 69.3. The van der Waals surface area contributed by atoms with Crippen molar-refractivity contribution in [2.75, 3.05) is 13.6 Å². The van der Waals surface area contributed by atoms with Crippen LogP contribution >= 0.6 is 0 Å². The van der Waals surface area contributed by atoms with E-state index in [0.29, 0.717) is 0 Å². The Morgan fingerprint density at radius 1 is 1.44 bits per heavy atom. The minimum Gasteiger partial charge on any atom is -0.496 e. The molecule has 0 radical (unpaired) electrons. The molecule has 2 rings (SSSR count). The predicted molar refractivity (Wildman–Crippen MR) is 52.0 cm³/mol. The highest BCUT2D eigenvalue weighted by molar-refractivity contribution is 5.52. The molecular weight excluding hydrogens is 220 g/mol. The zero-order valence-corrected chi connectivity index (χ0v) is 8.21. The Bertz CT molecular complexity index is 548. The van der Waals surface area contributed by atoms with Crippen molar-refractivity contribution in [1.82, 2.24) is 0 Å². The molecule has 1 aromatic carbocycles. The second-order valence-corrected chi connectivity index (χ2v) is 2.94. The van der Waals surface area contributed by atoms with Crippen molar-refractivity contribution in [2.24, 2.45) is 5.73 Å². The van der Waals surface area contributed by atoms with Crippen molar-refractivity contribution >= 4 is 0 Å². The summed E-state index contributed by atoms with van der Waals surface area (Å²) in [6, 6.07) is 1.88. The highest BCUT2D eigenvalue weighted by Gasteiger charge is 2.43. The number of nitrogens with two attached hydrogens (primary N) is 1. The molecule has 0 aromatic heterocycles.